The Morgan fingerprint density at radius 1 is 0.429 bits per heavy atom. The van der Waals surface area contributed by atoms with Crippen LogP contribution in [0, 0.1) is 0 Å². The summed E-state index contributed by atoms with van der Waals surface area (Å²) in [6.07, 6.45) is 26.0. The fourth-order valence-corrected chi connectivity index (χ4v) is 1.21. The van der Waals surface area contributed by atoms with Crippen LogP contribution < -0.4 is 0 Å². The molecule has 1 aliphatic carbocycles. The molecule has 0 N–H and O–H groups in total. The first kappa shape index (κ1) is 10.8. The van der Waals surface area contributed by atoms with Crippen LogP contribution in [0.25, 0.3) is 0 Å². The second-order valence-corrected chi connectivity index (χ2v) is 3.23. The van der Waals surface area contributed by atoms with Gasteiger partial charge in [-0.3, -0.25) is 0 Å². The van der Waals surface area contributed by atoms with Crippen molar-refractivity contribution in [2.75, 3.05) is 0 Å². The molecule has 0 aromatic heterocycles. The average molecular weight is 186 g/mol. The standard InChI is InChI=1S/C14H18/c1-2-4-6-8-10-12-14-13-11-9-7-5-3-1/h1-4,7,9-10,12-14H,5-6,8,11H2/b3-1-,4-2+,9-7-,12-10+,14-13?. The molecule has 0 heteroatoms. The summed E-state index contributed by atoms with van der Waals surface area (Å²) in [7, 11) is 0. The Hall–Kier alpha value is -1.30. The highest BCUT2D eigenvalue weighted by atomic mass is 13.8. The van der Waals surface area contributed by atoms with Gasteiger partial charge in [-0.25, -0.2) is 0 Å². The first-order valence-electron chi connectivity index (χ1n) is 5.28. The van der Waals surface area contributed by atoms with E-state index >= 15 is 0 Å². The topological polar surface area (TPSA) is 0 Å². The van der Waals surface area contributed by atoms with Crippen LogP contribution in [0.3, 0.4) is 0 Å². The summed E-state index contributed by atoms with van der Waals surface area (Å²) in [6, 6.07) is 0. The zero-order chi connectivity index (χ0) is 9.90. The smallest absolute Gasteiger partial charge is 0.0166 e. The Bertz CT molecular complexity index is 234. The van der Waals surface area contributed by atoms with Gasteiger partial charge in [0.1, 0.15) is 0 Å². The van der Waals surface area contributed by atoms with Crippen molar-refractivity contribution < 1.29 is 0 Å². The van der Waals surface area contributed by atoms with Crippen molar-refractivity contribution in [2.24, 2.45) is 0 Å². The first-order valence-corrected chi connectivity index (χ1v) is 5.28. The Morgan fingerprint density at radius 2 is 0.857 bits per heavy atom. The molecule has 74 valence electrons. The van der Waals surface area contributed by atoms with Gasteiger partial charge in [0, 0.05) is 0 Å². The third-order valence-corrected chi connectivity index (χ3v) is 1.98. The summed E-state index contributed by atoms with van der Waals surface area (Å²) < 4.78 is 0. The lowest BCUT2D eigenvalue weighted by molar-refractivity contribution is 1.05. The molecule has 0 aromatic carbocycles. The molecule has 0 saturated carbocycles. The monoisotopic (exact) mass is 186 g/mol. The van der Waals surface area contributed by atoms with E-state index in [1.54, 1.807) is 0 Å². The molecule has 0 saturated heterocycles. The molecule has 1 aliphatic rings. The fourth-order valence-electron chi connectivity index (χ4n) is 1.21. The summed E-state index contributed by atoms with van der Waals surface area (Å²) >= 11 is 0. The zero-order valence-electron chi connectivity index (χ0n) is 8.60. The highest BCUT2D eigenvalue weighted by Gasteiger charge is 1.76. The van der Waals surface area contributed by atoms with Gasteiger partial charge < -0.3 is 0 Å². The van der Waals surface area contributed by atoms with E-state index in [1.165, 1.54) is 0 Å². The first-order chi connectivity index (χ1) is 7.00. The van der Waals surface area contributed by atoms with Crippen molar-refractivity contribution in [3.8, 4) is 0 Å². The van der Waals surface area contributed by atoms with Crippen LogP contribution in [0.1, 0.15) is 25.7 Å². The minimum Gasteiger partial charge on any atom is -0.0844 e. The Balaban J connectivity index is 2.45. The van der Waals surface area contributed by atoms with Gasteiger partial charge in [0.25, 0.3) is 0 Å². The highest BCUT2D eigenvalue weighted by molar-refractivity contribution is 5.09. The van der Waals surface area contributed by atoms with E-state index in [0.29, 0.717) is 0 Å². The van der Waals surface area contributed by atoms with Crippen LogP contribution in [0.5, 0.6) is 0 Å². The summed E-state index contributed by atoms with van der Waals surface area (Å²) in [5.41, 5.74) is 0. The summed E-state index contributed by atoms with van der Waals surface area (Å²) in [5.74, 6) is 0. The third kappa shape index (κ3) is 6.24. The van der Waals surface area contributed by atoms with Crippen molar-refractivity contribution in [1.82, 2.24) is 0 Å². The molecule has 0 heterocycles. The molecular formula is C14H18. The highest BCUT2D eigenvalue weighted by Crippen LogP contribution is 1.97. The number of hydrogen-bond donors (Lipinski definition) is 0. The second kappa shape index (κ2) is 8.31. The van der Waals surface area contributed by atoms with Gasteiger partial charge in [-0.05, 0) is 25.7 Å². The van der Waals surface area contributed by atoms with Gasteiger partial charge in [-0.2, -0.15) is 0 Å². The van der Waals surface area contributed by atoms with Crippen LogP contribution in [-0.4, -0.2) is 0 Å². The molecule has 0 fully saturated rings. The quantitative estimate of drug-likeness (QED) is 0.494. The second-order valence-electron chi connectivity index (χ2n) is 3.23. The van der Waals surface area contributed by atoms with E-state index in [4.69, 9.17) is 0 Å². The third-order valence-electron chi connectivity index (χ3n) is 1.98. The lowest BCUT2D eigenvalue weighted by Crippen LogP contribution is -1.65. The molecule has 0 nitrogen and oxygen atoms in total. The Labute approximate surface area is 87.0 Å². The van der Waals surface area contributed by atoms with Crippen LogP contribution >= 0.6 is 0 Å². The summed E-state index contributed by atoms with van der Waals surface area (Å²) in [4.78, 5) is 0. The molecule has 0 radical (unpaired) electrons. The molecule has 0 bridgehead atoms. The van der Waals surface area contributed by atoms with Crippen molar-refractivity contribution in [1.29, 1.82) is 0 Å². The molecule has 0 atom stereocenters. The largest absolute Gasteiger partial charge is 0.0844 e. The normalized spacial score (nSPS) is 27.4. The maximum absolute atomic E-state index is 2.21. The lowest BCUT2D eigenvalue weighted by atomic mass is 10.2. The van der Waals surface area contributed by atoms with Gasteiger partial charge in [0.15, 0.2) is 0 Å². The van der Waals surface area contributed by atoms with Crippen molar-refractivity contribution in [3.05, 3.63) is 60.8 Å². The van der Waals surface area contributed by atoms with Crippen LogP contribution in [0.2, 0.25) is 0 Å². The molecule has 0 aliphatic heterocycles. The predicted octanol–water partition coefficient (Wildman–Crippen LogP) is 4.34. The molecule has 0 unspecified atom stereocenters. The number of hydrogen-bond acceptors (Lipinski definition) is 0. The van der Waals surface area contributed by atoms with E-state index in [0.717, 1.165) is 25.7 Å². The molecule has 0 aromatic rings. The van der Waals surface area contributed by atoms with Crippen molar-refractivity contribution in [3.63, 3.8) is 0 Å². The summed E-state index contributed by atoms with van der Waals surface area (Å²) in [6.45, 7) is 0. The predicted molar refractivity (Wildman–Crippen MR) is 64.2 cm³/mol. The minimum atomic E-state index is 1.04. The Morgan fingerprint density at radius 3 is 1.36 bits per heavy atom. The SMILES string of the molecule is C1=CC/C=C\C/C=C\C=C\CC/C=C/1. The number of rotatable bonds is 0. The molecule has 0 spiro atoms. The van der Waals surface area contributed by atoms with Gasteiger partial charge in [-0.1, -0.05) is 60.8 Å². The summed E-state index contributed by atoms with van der Waals surface area (Å²) in [5, 5.41) is 0. The fraction of sp³-hybridized carbons (Fsp3) is 0.286. The van der Waals surface area contributed by atoms with E-state index in [2.05, 4.69) is 60.8 Å². The van der Waals surface area contributed by atoms with Crippen LogP contribution in [-0.2, 0) is 0 Å². The van der Waals surface area contributed by atoms with Gasteiger partial charge in [0.05, 0.1) is 0 Å². The van der Waals surface area contributed by atoms with Crippen LogP contribution in [0.15, 0.2) is 60.8 Å². The average Bonchev–Trinajstić information content (AvgIpc) is 2.22. The Kier molecular flexibility index (Phi) is 6.39. The van der Waals surface area contributed by atoms with Crippen molar-refractivity contribution >= 4 is 0 Å². The van der Waals surface area contributed by atoms with Gasteiger partial charge >= 0.3 is 0 Å². The maximum atomic E-state index is 2.21. The molecule has 1 rings (SSSR count). The molecule has 14 heavy (non-hydrogen) atoms. The molecule has 0 amide bonds. The maximum Gasteiger partial charge on any atom is -0.0166 e. The van der Waals surface area contributed by atoms with E-state index in [9.17, 15) is 0 Å². The van der Waals surface area contributed by atoms with E-state index < -0.39 is 0 Å². The van der Waals surface area contributed by atoms with E-state index in [-0.39, 0.29) is 0 Å². The zero-order valence-corrected chi connectivity index (χ0v) is 8.60. The van der Waals surface area contributed by atoms with Gasteiger partial charge in [0.2, 0.25) is 0 Å². The molecular weight excluding hydrogens is 168 g/mol. The van der Waals surface area contributed by atoms with E-state index in [1.807, 2.05) is 0 Å². The van der Waals surface area contributed by atoms with Crippen molar-refractivity contribution in [2.45, 2.75) is 25.7 Å². The number of allylic oxidation sites excluding steroid dienone is 10. The van der Waals surface area contributed by atoms with Crippen LogP contribution in [0.4, 0.5) is 0 Å². The minimum absolute atomic E-state index is 1.04. The van der Waals surface area contributed by atoms with Gasteiger partial charge in [-0.15, -0.1) is 0 Å². The lowest BCUT2D eigenvalue weighted by Gasteiger charge is -1.86.